The first-order valence-electron chi connectivity index (χ1n) is 13.6. The summed E-state index contributed by atoms with van der Waals surface area (Å²) in [5, 5.41) is 13.2. The zero-order valence-electron chi connectivity index (χ0n) is 21.1. The van der Waals surface area contributed by atoms with Crippen LogP contribution in [0.1, 0.15) is 97.2 Å². The van der Waals surface area contributed by atoms with Gasteiger partial charge in [-0.2, -0.15) is 0 Å². The van der Waals surface area contributed by atoms with Gasteiger partial charge in [-0.05, 0) is 105 Å². The Morgan fingerprint density at radius 1 is 0.971 bits per heavy atom. The molecule has 0 heterocycles. The van der Waals surface area contributed by atoms with Crippen molar-refractivity contribution in [2.24, 2.45) is 0 Å². The molecule has 190 valence electrons. The SMILES string of the molecule is CNCc1cc(CCCO)ccc1[C@H]1CC[C@H](N(C(=O)c2ccc(Cl)cc2)C2CCCCC2)CC1. The number of benzene rings is 2. The van der Waals surface area contributed by atoms with Gasteiger partial charge >= 0.3 is 0 Å². The number of carbonyl (C=O) groups excluding carboxylic acids is 1. The monoisotopic (exact) mass is 496 g/mol. The average Bonchev–Trinajstić information content (AvgIpc) is 2.89. The molecule has 5 heteroatoms. The Morgan fingerprint density at radius 2 is 1.66 bits per heavy atom. The van der Waals surface area contributed by atoms with Crippen molar-refractivity contribution in [3.8, 4) is 0 Å². The predicted molar refractivity (Wildman–Crippen MR) is 144 cm³/mol. The lowest BCUT2D eigenvalue weighted by Gasteiger charge is -2.43. The highest BCUT2D eigenvalue weighted by molar-refractivity contribution is 6.30. The Hall–Kier alpha value is -1.88. The molecule has 0 aliphatic heterocycles. The molecule has 2 saturated carbocycles. The van der Waals surface area contributed by atoms with E-state index in [1.165, 1.54) is 36.0 Å². The van der Waals surface area contributed by atoms with Gasteiger partial charge in [-0.25, -0.2) is 0 Å². The van der Waals surface area contributed by atoms with Crippen molar-refractivity contribution < 1.29 is 9.90 Å². The minimum absolute atomic E-state index is 0.182. The number of aliphatic hydroxyl groups excluding tert-OH is 1. The van der Waals surface area contributed by atoms with Gasteiger partial charge in [0, 0.05) is 35.8 Å². The van der Waals surface area contributed by atoms with E-state index in [9.17, 15) is 9.90 Å². The third-order valence-corrected chi connectivity index (χ3v) is 8.27. The van der Waals surface area contributed by atoms with Crippen molar-refractivity contribution in [1.29, 1.82) is 0 Å². The molecular weight excluding hydrogens is 456 g/mol. The summed E-state index contributed by atoms with van der Waals surface area (Å²) in [5.41, 5.74) is 4.90. The first-order valence-corrected chi connectivity index (χ1v) is 13.9. The molecule has 2 aliphatic rings. The van der Waals surface area contributed by atoms with Crippen LogP contribution in [-0.4, -0.2) is 41.7 Å². The minimum atomic E-state index is 0.182. The van der Waals surface area contributed by atoms with Crippen molar-refractivity contribution in [2.45, 2.75) is 95.2 Å². The number of halogens is 1. The molecule has 2 N–H and O–H groups in total. The summed E-state index contributed by atoms with van der Waals surface area (Å²) < 4.78 is 0. The van der Waals surface area contributed by atoms with Crippen molar-refractivity contribution in [2.75, 3.05) is 13.7 Å². The van der Waals surface area contributed by atoms with E-state index in [1.54, 1.807) is 0 Å². The fraction of sp³-hybridized carbons (Fsp3) is 0.567. The standard InChI is InChI=1S/C30H41ClN2O2/c1-32-21-25-20-22(6-5-19-34)9-18-29(25)23-12-16-28(17-13-23)33(27-7-3-2-4-8-27)30(35)24-10-14-26(31)15-11-24/h9-11,14-15,18,20,23,27-28,32,34H,2-8,12-13,16-17,19,21H2,1H3/t23-,28-. The lowest BCUT2D eigenvalue weighted by Crippen LogP contribution is -2.49. The van der Waals surface area contributed by atoms with Gasteiger partial charge < -0.3 is 15.3 Å². The smallest absolute Gasteiger partial charge is 0.254 e. The fourth-order valence-electron chi connectivity index (χ4n) is 6.24. The van der Waals surface area contributed by atoms with Crippen LogP contribution in [0.25, 0.3) is 0 Å². The molecule has 4 rings (SSSR count). The van der Waals surface area contributed by atoms with Gasteiger partial charge in [0.2, 0.25) is 0 Å². The highest BCUT2D eigenvalue weighted by Gasteiger charge is 2.35. The van der Waals surface area contributed by atoms with Crippen LogP contribution in [0.4, 0.5) is 0 Å². The number of aliphatic hydroxyl groups is 1. The average molecular weight is 497 g/mol. The number of nitrogens with one attached hydrogen (secondary N) is 1. The molecular formula is C30H41ClN2O2. The van der Waals surface area contributed by atoms with Crippen LogP contribution in [0, 0.1) is 0 Å². The van der Waals surface area contributed by atoms with Gasteiger partial charge in [0.1, 0.15) is 0 Å². The number of hydrogen-bond donors (Lipinski definition) is 2. The van der Waals surface area contributed by atoms with Gasteiger partial charge in [-0.1, -0.05) is 49.1 Å². The van der Waals surface area contributed by atoms with Crippen LogP contribution < -0.4 is 5.32 Å². The predicted octanol–water partition coefficient (Wildman–Crippen LogP) is 6.49. The van der Waals surface area contributed by atoms with Crippen LogP contribution in [0.15, 0.2) is 42.5 Å². The van der Waals surface area contributed by atoms with Crippen molar-refractivity contribution >= 4 is 17.5 Å². The fourth-order valence-corrected chi connectivity index (χ4v) is 6.36. The number of rotatable bonds is 9. The van der Waals surface area contributed by atoms with E-state index in [0.29, 0.717) is 23.0 Å². The number of amides is 1. The Balaban J connectivity index is 1.49. The molecule has 0 radical (unpaired) electrons. The highest BCUT2D eigenvalue weighted by atomic mass is 35.5. The van der Waals surface area contributed by atoms with E-state index in [2.05, 4.69) is 28.4 Å². The largest absolute Gasteiger partial charge is 0.396 e. The van der Waals surface area contributed by atoms with E-state index in [4.69, 9.17) is 11.6 Å². The number of hydrogen-bond acceptors (Lipinski definition) is 3. The van der Waals surface area contributed by atoms with Crippen LogP contribution in [0.5, 0.6) is 0 Å². The first-order chi connectivity index (χ1) is 17.1. The van der Waals surface area contributed by atoms with Gasteiger partial charge in [0.05, 0.1) is 0 Å². The molecule has 2 aromatic rings. The maximum absolute atomic E-state index is 13.7. The maximum atomic E-state index is 13.7. The number of nitrogens with zero attached hydrogens (tertiary/aromatic N) is 1. The zero-order chi connectivity index (χ0) is 24.6. The number of aryl methyl sites for hydroxylation is 1. The van der Waals surface area contributed by atoms with Crippen LogP contribution in [0.3, 0.4) is 0 Å². The van der Waals surface area contributed by atoms with E-state index in [0.717, 1.165) is 63.5 Å². The Morgan fingerprint density at radius 3 is 2.31 bits per heavy atom. The summed E-state index contributed by atoms with van der Waals surface area (Å²) in [6.07, 6.45) is 12.1. The Bertz CT molecular complexity index is 947. The molecule has 0 bridgehead atoms. The molecule has 35 heavy (non-hydrogen) atoms. The summed E-state index contributed by atoms with van der Waals surface area (Å²) >= 11 is 6.10. The summed E-state index contributed by atoms with van der Waals surface area (Å²) in [4.78, 5) is 16.0. The second kappa shape index (κ2) is 12.9. The Kier molecular flexibility index (Phi) is 9.65. The normalized spacial score (nSPS) is 21.1. The van der Waals surface area contributed by atoms with E-state index in [-0.39, 0.29) is 12.5 Å². The summed E-state index contributed by atoms with van der Waals surface area (Å²) in [6, 6.07) is 15.0. The summed E-state index contributed by atoms with van der Waals surface area (Å²) in [6.45, 7) is 1.10. The van der Waals surface area contributed by atoms with Gasteiger partial charge in [0.15, 0.2) is 0 Å². The lowest BCUT2D eigenvalue weighted by molar-refractivity contribution is 0.0437. The van der Waals surface area contributed by atoms with E-state index < -0.39 is 0 Å². The molecule has 0 aromatic heterocycles. The maximum Gasteiger partial charge on any atom is 0.254 e. The highest BCUT2D eigenvalue weighted by Crippen LogP contribution is 2.39. The molecule has 4 nitrogen and oxygen atoms in total. The van der Waals surface area contributed by atoms with Crippen molar-refractivity contribution in [1.82, 2.24) is 10.2 Å². The van der Waals surface area contributed by atoms with Crippen LogP contribution in [0.2, 0.25) is 5.02 Å². The summed E-state index contributed by atoms with van der Waals surface area (Å²) in [7, 11) is 2.01. The minimum Gasteiger partial charge on any atom is -0.396 e. The van der Waals surface area contributed by atoms with Gasteiger partial charge in [-0.3, -0.25) is 4.79 Å². The summed E-state index contributed by atoms with van der Waals surface area (Å²) in [5.74, 6) is 0.724. The second-order valence-corrected chi connectivity index (χ2v) is 10.8. The number of carbonyl (C=O) groups is 1. The van der Waals surface area contributed by atoms with Gasteiger partial charge in [-0.15, -0.1) is 0 Å². The molecule has 0 atom stereocenters. The zero-order valence-corrected chi connectivity index (χ0v) is 21.9. The third kappa shape index (κ3) is 6.67. The van der Waals surface area contributed by atoms with Crippen LogP contribution in [-0.2, 0) is 13.0 Å². The first kappa shape index (κ1) is 26.2. The Labute approximate surface area is 216 Å². The quantitative estimate of drug-likeness (QED) is 0.417. The molecule has 0 spiro atoms. The molecule has 2 aromatic carbocycles. The molecule has 0 unspecified atom stereocenters. The van der Waals surface area contributed by atoms with E-state index >= 15 is 0 Å². The van der Waals surface area contributed by atoms with Crippen LogP contribution >= 0.6 is 11.6 Å². The topological polar surface area (TPSA) is 52.6 Å². The molecule has 2 fully saturated rings. The third-order valence-electron chi connectivity index (χ3n) is 8.02. The van der Waals surface area contributed by atoms with E-state index in [1.807, 2.05) is 31.3 Å². The molecule has 1 amide bonds. The van der Waals surface area contributed by atoms with Crippen molar-refractivity contribution in [3.05, 3.63) is 69.7 Å². The second-order valence-electron chi connectivity index (χ2n) is 10.4. The molecule has 0 saturated heterocycles. The molecule has 2 aliphatic carbocycles. The lowest BCUT2D eigenvalue weighted by atomic mass is 9.78. The van der Waals surface area contributed by atoms with Crippen molar-refractivity contribution in [3.63, 3.8) is 0 Å². The van der Waals surface area contributed by atoms with Gasteiger partial charge in [0.25, 0.3) is 5.91 Å².